The van der Waals surface area contributed by atoms with Crippen LogP contribution in [0, 0.1) is 18.7 Å². The first-order chi connectivity index (χ1) is 15.2. The van der Waals surface area contributed by atoms with E-state index in [4.69, 9.17) is 0 Å². The normalized spacial score (nSPS) is 12.0. The Morgan fingerprint density at radius 3 is 2.44 bits per heavy atom. The molecule has 0 aliphatic rings. The molecule has 0 fully saturated rings. The zero-order valence-corrected chi connectivity index (χ0v) is 19.1. The predicted octanol–water partition coefficient (Wildman–Crippen LogP) is 5.59. The van der Waals surface area contributed by atoms with Crippen LogP contribution in [0.5, 0.6) is 0 Å². The molecule has 0 aliphatic heterocycles. The number of carbonyl (C=O) groups is 2. The molecule has 0 radical (unpaired) electrons. The van der Waals surface area contributed by atoms with Gasteiger partial charge in [-0.2, -0.15) is 0 Å². The smallest absolute Gasteiger partial charge is 0.229 e. The molecule has 1 aromatic heterocycles. The monoisotopic (exact) mass is 433 g/mol. The largest absolute Gasteiger partial charge is 0.315 e. The van der Waals surface area contributed by atoms with Crippen molar-refractivity contribution in [2.45, 2.75) is 40.0 Å². The van der Waals surface area contributed by atoms with Crippen molar-refractivity contribution in [1.29, 1.82) is 0 Å². The van der Waals surface area contributed by atoms with E-state index in [0.29, 0.717) is 22.4 Å². The van der Waals surface area contributed by atoms with Crippen LogP contribution < -0.4 is 4.90 Å². The second-order valence-electron chi connectivity index (χ2n) is 8.46. The Bertz CT molecular complexity index is 1130. The average Bonchev–Trinajstić information content (AvgIpc) is 2.78. The van der Waals surface area contributed by atoms with Crippen molar-refractivity contribution in [2.75, 3.05) is 11.9 Å². The van der Waals surface area contributed by atoms with Gasteiger partial charge in [0.2, 0.25) is 5.91 Å². The van der Waals surface area contributed by atoms with Gasteiger partial charge in [-0.25, -0.2) is 4.39 Å². The van der Waals surface area contributed by atoms with Crippen LogP contribution in [0.2, 0.25) is 0 Å². The molecule has 0 saturated heterocycles. The summed E-state index contributed by atoms with van der Waals surface area (Å²) in [5.74, 6) is -0.904. The highest BCUT2D eigenvalue weighted by Crippen LogP contribution is 2.31. The van der Waals surface area contributed by atoms with E-state index in [9.17, 15) is 14.0 Å². The van der Waals surface area contributed by atoms with Crippen molar-refractivity contribution in [3.8, 4) is 11.1 Å². The number of amides is 1. The highest BCUT2D eigenvalue weighted by Gasteiger charge is 2.20. The van der Waals surface area contributed by atoms with Gasteiger partial charge in [0.25, 0.3) is 0 Å². The van der Waals surface area contributed by atoms with Crippen LogP contribution in [0.25, 0.3) is 11.1 Å². The Labute approximate surface area is 188 Å². The van der Waals surface area contributed by atoms with Gasteiger partial charge in [0.05, 0.1) is 5.69 Å². The van der Waals surface area contributed by atoms with Crippen molar-refractivity contribution in [3.63, 3.8) is 0 Å². The maximum Gasteiger partial charge on any atom is 0.229 e. The predicted molar refractivity (Wildman–Crippen MR) is 124 cm³/mol. The van der Waals surface area contributed by atoms with Gasteiger partial charge in [0.1, 0.15) is 5.82 Å². The molecule has 0 aliphatic carbocycles. The van der Waals surface area contributed by atoms with Crippen LogP contribution in [-0.2, 0) is 4.79 Å². The third kappa shape index (κ3) is 5.25. The van der Waals surface area contributed by atoms with Gasteiger partial charge in [-0.1, -0.05) is 32.9 Å². The third-order valence-corrected chi connectivity index (χ3v) is 5.47. The molecule has 0 saturated carbocycles. The fraction of sp³-hybridized carbons (Fsp3) is 0.308. The summed E-state index contributed by atoms with van der Waals surface area (Å²) < 4.78 is 14.7. The summed E-state index contributed by atoms with van der Waals surface area (Å²) in [6.45, 7) is 7.37. The molecular weight excluding hydrogens is 405 g/mol. The molecule has 1 amide bonds. The summed E-state index contributed by atoms with van der Waals surface area (Å²) in [5, 5.41) is 0. The first-order valence-electron chi connectivity index (χ1n) is 10.7. The second kappa shape index (κ2) is 9.81. The zero-order valence-electron chi connectivity index (χ0n) is 19.1. The van der Waals surface area contributed by atoms with E-state index in [1.165, 1.54) is 11.0 Å². The highest BCUT2D eigenvalue weighted by atomic mass is 19.1. The minimum atomic E-state index is -0.369. The fourth-order valence-electron chi connectivity index (χ4n) is 3.56. The Kier molecular flexibility index (Phi) is 7.13. The van der Waals surface area contributed by atoms with Gasteiger partial charge in [0.15, 0.2) is 5.78 Å². The van der Waals surface area contributed by atoms with Crippen LogP contribution in [0.4, 0.5) is 10.1 Å². The highest BCUT2D eigenvalue weighted by molar-refractivity contribution is 6.01. The minimum Gasteiger partial charge on any atom is -0.315 e. The number of ketones is 1. The summed E-state index contributed by atoms with van der Waals surface area (Å²) in [5.41, 5.74) is 3.46. The number of Topliss-reactive ketones (excluding diaryl/α,β-unsaturated/α-hetero) is 1. The van der Waals surface area contributed by atoms with E-state index in [1.807, 2.05) is 33.8 Å². The van der Waals surface area contributed by atoms with Gasteiger partial charge in [-0.3, -0.25) is 19.6 Å². The van der Waals surface area contributed by atoms with Crippen LogP contribution in [0.15, 0.2) is 55.0 Å². The molecule has 0 bridgehead atoms. The molecule has 3 rings (SSSR count). The van der Waals surface area contributed by atoms with E-state index in [1.54, 1.807) is 49.9 Å². The zero-order chi connectivity index (χ0) is 23.4. The van der Waals surface area contributed by atoms with Crippen LogP contribution >= 0.6 is 0 Å². The number of hydrogen-bond acceptors (Lipinski definition) is 4. The van der Waals surface area contributed by atoms with Gasteiger partial charge >= 0.3 is 0 Å². The van der Waals surface area contributed by atoms with Crippen LogP contribution in [0.1, 0.15) is 54.7 Å². The van der Waals surface area contributed by atoms with Gasteiger partial charge in [-0.15, -0.1) is 0 Å². The second-order valence-corrected chi connectivity index (χ2v) is 8.46. The lowest BCUT2D eigenvalue weighted by Gasteiger charge is -2.22. The number of rotatable bonds is 7. The first-order valence-corrected chi connectivity index (χ1v) is 10.7. The standard InChI is InChI=1S/C26H28FN3O2/c1-16(2)26(32)30(5)21-13-19(22-7-6-17(3)10-23(22)27)12-20(14-21)25(31)11-18(4)24-15-28-8-9-29-24/h6-10,12-16,18H,11H2,1-5H3. The topological polar surface area (TPSA) is 63.2 Å². The van der Waals surface area contributed by atoms with E-state index >= 15 is 0 Å². The molecule has 1 heterocycles. The third-order valence-electron chi connectivity index (χ3n) is 5.47. The number of aryl methyl sites for hydroxylation is 1. The summed E-state index contributed by atoms with van der Waals surface area (Å²) in [4.78, 5) is 35.7. The molecule has 0 N–H and O–H groups in total. The van der Waals surface area contributed by atoms with Gasteiger partial charge in [-0.05, 0) is 42.3 Å². The van der Waals surface area contributed by atoms with Crippen molar-refractivity contribution in [1.82, 2.24) is 9.97 Å². The number of carbonyl (C=O) groups excluding carboxylic acids is 2. The maximum atomic E-state index is 14.7. The molecule has 6 heteroatoms. The summed E-state index contributed by atoms with van der Waals surface area (Å²) in [6.07, 6.45) is 5.06. The molecule has 2 aromatic carbocycles. The van der Waals surface area contributed by atoms with Crippen molar-refractivity contribution in [3.05, 3.63) is 77.6 Å². The molecule has 1 unspecified atom stereocenters. The van der Waals surface area contributed by atoms with Crippen LogP contribution in [0.3, 0.4) is 0 Å². The Morgan fingerprint density at radius 2 is 1.81 bits per heavy atom. The van der Waals surface area contributed by atoms with E-state index in [0.717, 1.165) is 11.3 Å². The Balaban J connectivity index is 2.03. The van der Waals surface area contributed by atoms with E-state index in [-0.39, 0.29) is 35.8 Å². The summed E-state index contributed by atoms with van der Waals surface area (Å²) in [7, 11) is 1.67. The number of hydrogen-bond donors (Lipinski definition) is 0. The SMILES string of the molecule is Cc1ccc(-c2cc(C(=O)CC(C)c3cnccn3)cc(N(C)C(=O)C(C)C)c2)c(F)c1. The van der Waals surface area contributed by atoms with Gasteiger partial charge < -0.3 is 4.90 Å². The fourth-order valence-corrected chi connectivity index (χ4v) is 3.56. The van der Waals surface area contributed by atoms with Crippen molar-refractivity contribution < 1.29 is 14.0 Å². The lowest BCUT2D eigenvalue weighted by atomic mass is 9.93. The van der Waals surface area contributed by atoms with E-state index in [2.05, 4.69) is 9.97 Å². The lowest BCUT2D eigenvalue weighted by molar-refractivity contribution is -0.121. The van der Waals surface area contributed by atoms with Crippen molar-refractivity contribution >= 4 is 17.4 Å². The molecule has 3 aromatic rings. The number of nitrogens with zero attached hydrogens (tertiary/aromatic N) is 3. The molecule has 32 heavy (non-hydrogen) atoms. The average molecular weight is 434 g/mol. The summed E-state index contributed by atoms with van der Waals surface area (Å²) in [6, 6.07) is 10.1. The first kappa shape index (κ1) is 23.3. The van der Waals surface area contributed by atoms with E-state index < -0.39 is 0 Å². The summed E-state index contributed by atoms with van der Waals surface area (Å²) >= 11 is 0. The molecule has 5 nitrogen and oxygen atoms in total. The number of anilines is 1. The molecule has 1 atom stereocenters. The minimum absolute atomic E-state index is 0.0853. The number of benzene rings is 2. The maximum absolute atomic E-state index is 14.7. The molecule has 166 valence electrons. The van der Waals surface area contributed by atoms with Gasteiger partial charge in [0, 0.05) is 60.7 Å². The lowest BCUT2D eigenvalue weighted by Crippen LogP contribution is -2.30. The van der Waals surface area contributed by atoms with Crippen molar-refractivity contribution in [2.24, 2.45) is 5.92 Å². The quantitative estimate of drug-likeness (QED) is 0.456. The number of aromatic nitrogens is 2. The Morgan fingerprint density at radius 1 is 1.06 bits per heavy atom. The molecular formula is C26H28FN3O2. The molecule has 0 spiro atoms. The number of halogens is 1. The van der Waals surface area contributed by atoms with Crippen LogP contribution in [-0.4, -0.2) is 28.7 Å². The Hall–Kier alpha value is -3.41.